The molecule has 0 aromatic heterocycles. The normalized spacial score (nSPS) is 15.5. The molecule has 5 heteroatoms. The molecule has 0 unspecified atom stereocenters. The number of hydrogen-bond donors (Lipinski definition) is 2. The van der Waals surface area contributed by atoms with Crippen molar-refractivity contribution in [2.45, 2.75) is 12.8 Å². The topological polar surface area (TPSA) is 77.8 Å². The fraction of sp³-hybridized carbons (Fsp3) is 0.273. The number of phenols is 1. The second-order valence-corrected chi connectivity index (χ2v) is 3.66. The van der Waals surface area contributed by atoms with Crippen molar-refractivity contribution in [3.05, 3.63) is 23.8 Å². The maximum absolute atomic E-state index is 11.5. The fourth-order valence-corrected chi connectivity index (χ4v) is 1.78. The molecule has 0 atom stereocenters. The van der Waals surface area contributed by atoms with Gasteiger partial charge in [0, 0.05) is 18.7 Å². The van der Waals surface area contributed by atoms with Crippen LogP contribution in [-0.4, -0.2) is 28.6 Å². The van der Waals surface area contributed by atoms with Crippen LogP contribution in [0.25, 0.3) is 0 Å². The average molecular weight is 221 g/mol. The van der Waals surface area contributed by atoms with Gasteiger partial charge < -0.3 is 15.1 Å². The number of carboxylic acid groups (broad SMARTS) is 1. The van der Waals surface area contributed by atoms with E-state index in [1.54, 1.807) is 6.07 Å². The van der Waals surface area contributed by atoms with Gasteiger partial charge in [0.15, 0.2) is 0 Å². The molecule has 2 rings (SSSR count). The first-order valence-corrected chi connectivity index (χ1v) is 4.96. The Hall–Kier alpha value is -2.04. The molecular formula is C11H11NO4. The second kappa shape index (κ2) is 3.84. The molecule has 2 N–H and O–H groups in total. The van der Waals surface area contributed by atoms with E-state index in [0.717, 1.165) is 6.42 Å². The first-order valence-electron chi connectivity index (χ1n) is 4.96. The Morgan fingerprint density at radius 3 is 2.69 bits per heavy atom. The summed E-state index contributed by atoms with van der Waals surface area (Å²) in [6, 6.07) is 4.16. The molecule has 1 aliphatic heterocycles. The van der Waals surface area contributed by atoms with Gasteiger partial charge >= 0.3 is 5.97 Å². The summed E-state index contributed by atoms with van der Waals surface area (Å²) in [6.07, 6.45) is 1.27. The summed E-state index contributed by atoms with van der Waals surface area (Å²) in [5.74, 6) is -1.50. The van der Waals surface area contributed by atoms with Gasteiger partial charge in [-0.3, -0.25) is 4.79 Å². The molecule has 1 amide bonds. The lowest BCUT2D eigenvalue weighted by molar-refractivity contribution is -0.117. The molecule has 0 bridgehead atoms. The second-order valence-electron chi connectivity index (χ2n) is 3.66. The summed E-state index contributed by atoms with van der Waals surface area (Å²) in [4.78, 5) is 23.8. The Kier molecular flexibility index (Phi) is 2.52. The van der Waals surface area contributed by atoms with Crippen LogP contribution in [0.1, 0.15) is 23.2 Å². The first-order chi connectivity index (χ1) is 7.59. The van der Waals surface area contributed by atoms with Gasteiger partial charge in [0.25, 0.3) is 0 Å². The molecule has 1 aliphatic rings. The van der Waals surface area contributed by atoms with E-state index < -0.39 is 5.97 Å². The average Bonchev–Trinajstić information content (AvgIpc) is 2.65. The lowest BCUT2D eigenvalue weighted by Crippen LogP contribution is -2.23. The Morgan fingerprint density at radius 1 is 1.38 bits per heavy atom. The highest BCUT2D eigenvalue weighted by Gasteiger charge is 2.23. The molecule has 0 aliphatic carbocycles. The van der Waals surface area contributed by atoms with Crippen molar-refractivity contribution in [1.29, 1.82) is 0 Å². The standard InChI is InChI=1S/C11H11NO4/c13-9-4-3-7(6-8(9)11(15)16)12-5-1-2-10(12)14/h3-4,6,13H,1-2,5H2,(H,15,16). The highest BCUT2D eigenvalue weighted by atomic mass is 16.4. The summed E-state index contributed by atoms with van der Waals surface area (Å²) < 4.78 is 0. The molecule has 0 saturated carbocycles. The van der Waals surface area contributed by atoms with E-state index in [1.807, 2.05) is 0 Å². The lowest BCUT2D eigenvalue weighted by atomic mass is 10.1. The van der Waals surface area contributed by atoms with Gasteiger partial charge in [0.05, 0.1) is 0 Å². The van der Waals surface area contributed by atoms with Crippen molar-refractivity contribution in [2.24, 2.45) is 0 Å². The molecule has 5 nitrogen and oxygen atoms in total. The summed E-state index contributed by atoms with van der Waals surface area (Å²) >= 11 is 0. The van der Waals surface area contributed by atoms with E-state index in [1.165, 1.54) is 17.0 Å². The van der Waals surface area contributed by atoms with Crippen LogP contribution in [0, 0.1) is 0 Å². The largest absolute Gasteiger partial charge is 0.507 e. The van der Waals surface area contributed by atoms with E-state index in [0.29, 0.717) is 18.7 Å². The van der Waals surface area contributed by atoms with Crippen LogP contribution in [0.4, 0.5) is 5.69 Å². The number of hydrogen-bond acceptors (Lipinski definition) is 3. The van der Waals surface area contributed by atoms with Crippen LogP contribution in [0.5, 0.6) is 5.75 Å². The predicted molar refractivity (Wildman–Crippen MR) is 56.7 cm³/mol. The molecule has 1 aromatic rings. The molecule has 0 spiro atoms. The maximum atomic E-state index is 11.5. The Labute approximate surface area is 91.9 Å². The number of benzene rings is 1. The van der Waals surface area contributed by atoms with Crippen LogP contribution in [-0.2, 0) is 4.79 Å². The number of aromatic hydroxyl groups is 1. The van der Waals surface area contributed by atoms with Gasteiger partial charge in [0.2, 0.25) is 5.91 Å². The smallest absolute Gasteiger partial charge is 0.339 e. The van der Waals surface area contributed by atoms with Crippen molar-refractivity contribution in [1.82, 2.24) is 0 Å². The van der Waals surface area contributed by atoms with Crippen molar-refractivity contribution in [3.63, 3.8) is 0 Å². The summed E-state index contributed by atoms with van der Waals surface area (Å²) in [5, 5.41) is 18.2. The van der Waals surface area contributed by atoms with Gasteiger partial charge in [-0.15, -0.1) is 0 Å². The minimum Gasteiger partial charge on any atom is -0.507 e. The molecule has 1 aromatic carbocycles. The molecule has 1 saturated heterocycles. The zero-order valence-corrected chi connectivity index (χ0v) is 8.51. The number of amides is 1. The van der Waals surface area contributed by atoms with Gasteiger partial charge in [0.1, 0.15) is 11.3 Å². The summed E-state index contributed by atoms with van der Waals surface area (Å²) in [5.41, 5.74) is 0.343. The zero-order chi connectivity index (χ0) is 11.7. The highest BCUT2D eigenvalue weighted by molar-refractivity contribution is 5.98. The monoisotopic (exact) mass is 221 g/mol. The van der Waals surface area contributed by atoms with Crippen molar-refractivity contribution in [2.75, 3.05) is 11.4 Å². The maximum Gasteiger partial charge on any atom is 0.339 e. The van der Waals surface area contributed by atoms with Gasteiger partial charge in [-0.2, -0.15) is 0 Å². The van der Waals surface area contributed by atoms with Crippen LogP contribution in [0.2, 0.25) is 0 Å². The van der Waals surface area contributed by atoms with E-state index in [9.17, 15) is 14.7 Å². The van der Waals surface area contributed by atoms with Crippen LogP contribution >= 0.6 is 0 Å². The van der Waals surface area contributed by atoms with Crippen molar-refractivity contribution < 1.29 is 19.8 Å². The SMILES string of the molecule is O=C(O)c1cc(N2CCCC2=O)ccc1O. The first kappa shape index (κ1) is 10.5. The van der Waals surface area contributed by atoms with Gasteiger partial charge in [-0.25, -0.2) is 4.79 Å². The number of nitrogens with zero attached hydrogens (tertiary/aromatic N) is 1. The third-order valence-corrected chi connectivity index (χ3v) is 2.60. The van der Waals surface area contributed by atoms with E-state index in [-0.39, 0.29) is 17.2 Å². The van der Waals surface area contributed by atoms with Gasteiger partial charge in [-0.1, -0.05) is 0 Å². The summed E-state index contributed by atoms with van der Waals surface area (Å²) in [6.45, 7) is 0.600. The van der Waals surface area contributed by atoms with E-state index in [2.05, 4.69) is 0 Å². The van der Waals surface area contributed by atoms with Crippen molar-refractivity contribution in [3.8, 4) is 5.75 Å². The highest BCUT2D eigenvalue weighted by Crippen LogP contribution is 2.27. The molecule has 0 radical (unpaired) electrons. The number of aromatic carboxylic acids is 1. The number of carboxylic acids is 1. The third-order valence-electron chi connectivity index (χ3n) is 2.60. The molecule has 16 heavy (non-hydrogen) atoms. The zero-order valence-electron chi connectivity index (χ0n) is 8.51. The van der Waals surface area contributed by atoms with Crippen LogP contribution < -0.4 is 4.90 Å². The molecule has 1 fully saturated rings. The minimum atomic E-state index is -1.20. The lowest BCUT2D eigenvalue weighted by Gasteiger charge is -2.16. The third kappa shape index (κ3) is 1.71. The van der Waals surface area contributed by atoms with E-state index >= 15 is 0 Å². The quantitative estimate of drug-likeness (QED) is 0.787. The number of anilines is 1. The number of carbonyl (C=O) groups is 2. The predicted octanol–water partition coefficient (Wildman–Crippen LogP) is 1.22. The molecule has 84 valence electrons. The Balaban J connectivity index is 2.39. The Morgan fingerprint density at radius 2 is 2.12 bits per heavy atom. The molecular weight excluding hydrogens is 210 g/mol. The van der Waals surface area contributed by atoms with Crippen LogP contribution in [0.3, 0.4) is 0 Å². The number of rotatable bonds is 2. The van der Waals surface area contributed by atoms with E-state index in [4.69, 9.17) is 5.11 Å². The van der Waals surface area contributed by atoms with Gasteiger partial charge in [-0.05, 0) is 24.6 Å². The summed E-state index contributed by atoms with van der Waals surface area (Å²) in [7, 11) is 0. The minimum absolute atomic E-state index is 0.0120. The number of carbonyl (C=O) groups excluding carboxylic acids is 1. The van der Waals surface area contributed by atoms with Crippen molar-refractivity contribution >= 4 is 17.6 Å². The van der Waals surface area contributed by atoms with Crippen LogP contribution in [0.15, 0.2) is 18.2 Å². The Bertz CT molecular complexity index is 455. The fourth-order valence-electron chi connectivity index (χ4n) is 1.78. The molecule has 1 heterocycles.